The van der Waals surface area contributed by atoms with Gasteiger partial charge in [-0.05, 0) is 80.1 Å². The zero-order valence-corrected chi connectivity index (χ0v) is 20.1. The Labute approximate surface area is 207 Å². The molecule has 0 atom stereocenters. The highest BCUT2D eigenvalue weighted by molar-refractivity contribution is 5.94. The van der Waals surface area contributed by atoms with Crippen molar-refractivity contribution in [3.63, 3.8) is 0 Å². The van der Waals surface area contributed by atoms with E-state index in [0.717, 1.165) is 37.1 Å². The lowest BCUT2D eigenvalue weighted by Gasteiger charge is -2.39. The van der Waals surface area contributed by atoms with Crippen molar-refractivity contribution in [2.75, 3.05) is 39.4 Å². The Balaban J connectivity index is 1.23. The maximum atomic E-state index is 12.9. The number of piperidine rings is 1. The number of carbonyl (C=O) groups is 2. The van der Waals surface area contributed by atoms with Crippen LogP contribution in [0.1, 0.15) is 36.5 Å². The van der Waals surface area contributed by atoms with Crippen LogP contribution < -0.4 is 14.2 Å². The lowest BCUT2D eigenvalue weighted by molar-refractivity contribution is -0.274. The zero-order chi connectivity index (χ0) is 25.8. The molecule has 194 valence electrons. The molecule has 36 heavy (non-hydrogen) atoms. The van der Waals surface area contributed by atoms with Crippen molar-refractivity contribution < 1.29 is 37.0 Å². The van der Waals surface area contributed by atoms with Gasteiger partial charge in [-0.3, -0.25) is 9.59 Å². The zero-order valence-electron chi connectivity index (χ0n) is 20.1. The molecule has 2 aromatic rings. The van der Waals surface area contributed by atoms with Gasteiger partial charge in [0.1, 0.15) is 17.2 Å². The van der Waals surface area contributed by atoms with Crippen LogP contribution in [0.2, 0.25) is 0 Å². The molecular weight excluding hydrogens is 477 g/mol. The van der Waals surface area contributed by atoms with Crippen LogP contribution in [0.25, 0.3) is 0 Å². The van der Waals surface area contributed by atoms with Crippen molar-refractivity contribution in [1.82, 2.24) is 9.80 Å². The topological polar surface area (TPSA) is 68.3 Å². The van der Waals surface area contributed by atoms with E-state index in [1.807, 2.05) is 11.8 Å². The molecule has 2 aliphatic rings. The van der Waals surface area contributed by atoms with E-state index in [-0.39, 0.29) is 35.3 Å². The maximum Gasteiger partial charge on any atom is 0.573 e. The third kappa shape index (κ3) is 6.41. The van der Waals surface area contributed by atoms with E-state index < -0.39 is 6.36 Å². The van der Waals surface area contributed by atoms with E-state index >= 15 is 0 Å². The van der Waals surface area contributed by atoms with Gasteiger partial charge in [-0.25, -0.2) is 0 Å². The van der Waals surface area contributed by atoms with E-state index in [4.69, 9.17) is 9.47 Å². The van der Waals surface area contributed by atoms with Crippen LogP contribution in [0.3, 0.4) is 0 Å². The van der Waals surface area contributed by atoms with E-state index in [1.54, 1.807) is 29.2 Å². The molecule has 0 aromatic heterocycles. The molecule has 2 saturated heterocycles. The molecule has 2 fully saturated rings. The first kappa shape index (κ1) is 25.7. The number of amides is 2. The first-order valence-electron chi connectivity index (χ1n) is 11.9. The summed E-state index contributed by atoms with van der Waals surface area (Å²) in [5, 5.41) is 0. The molecule has 0 saturated carbocycles. The predicted octanol–water partition coefficient (Wildman–Crippen LogP) is 4.52. The Morgan fingerprint density at radius 2 is 1.36 bits per heavy atom. The average Bonchev–Trinajstić information content (AvgIpc) is 3.27. The quantitative estimate of drug-likeness (QED) is 0.553. The second kappa shape index (κ2) is 10.7. The first-order valence-corrected chi connectivity index (χ1v) is 11.9. The summed E-state index contributed by atoms with van der Waals surface area (Å²) in [6, 6.07) is 12.1. The minimum Gasteiger partial charge on any atom is -0.494 e. The summed E-state index contributed by atoms with van der Waals surface area (Å²) in [6.07, 6.45) is -2.25. The third-order valence-electron chi connectivity index (χ3n) is 6.73. The second-order valence-corrected chi connectivity index (χ2v) is 9.12. The number of ether oxygens (including phenoxy) is 3. The first-order chi connectivity index (χ1) is 17.2. The summed E-state index contributed by atoms with van der Waals surface area (Å²) in [5.74, 6) is 0.496. The van der Waals surface area contributed by atoms with Crippen molar-refractivity contribution in [1.29, 1.82) is 0 Å². The number of hydrogen-bond donors (Lipinski definition) is 0. The maximum absolute atomic E-state index is 12.9. The highest BCUT2D eigenvalue weighted by atomic mass is 19.4. The summed E-state index contributed by atoms with van der Waals surface area (Å²) in [5.41, 5.74) is 0.620. The van der Waals surface area contributed by atoms with Gasteiger partial charge in [-0.15, -0.1) is 13.2 Å². The van der Waals surface area contributed by atoms with Crippen LogP contribution in [-0.4, -0.2) is 67.4 Å². The predicted molar refractivity (Wildman–Crippen MR) is 125 cm³/mol. The van der Waals surface area contributed by atoms with Crippen LogP contribution >= 0.6 is 0 Å². The van der Waals surface area contributed by atoms with Crippen LogP contribution in [-0.2, 0) is 4.79 Å². The average molecular weight is 507 g/mol. The Kier molecular flexibility index (Phi) is 7.61. The summed E-state index contributed by atoms with van der Waals surface area (Å²) in [4.78, 5) is 29.2. The normalized spacial score (nSPS) is 17.2. The van der Waals surface area contributed by atoms with Gasteiger partial charge in [-0.2, -0.15) is 0 Å². The molecule has 2 amide bonds. The lowest BCUT2D eigenvalue weighted by Crippen LogP contribution is -2.45. The molecule has 0 N–H and O–H groups in total. The van der Waals surface area contributed by atoms with Crippen LogP contribution in [0.5, 0.6) is 17.2 Å². The minimum absolute atomic E-state index is 0.00104. The summed E-state index contributed by atoms with van der Waals surface area (Å²) in [7, 11) is 0. The van der Waals surface area contributed by atoms with Gasteiger partial charge < -0.3 is 24.0 Å². The minimum atomic E-state index is -4.76. The second-order valence-electron chi connectivity index (χ2n) is 9.12. The Hall–Kier alpha value is -3.43. The number of carbonyl (C=O) groups excluding carboxylic acids is 2. The number of hydrogen-bond acceptors (Lipinski definition) is 5. The fraction of sp³-hybridized carbons (Fsp3) is 0.462. The van der Waals surface area contributed by atoms with Crippen LogP contribution in [0.4, 0.5) is 13.2 Å². The van der Waals surface area contributed by atoms with Gasteiger partial charge in [0.25, 0.3) is 11.8 Å². The molecule has 2 aromatic carbocycles. The largest absolute Gasteiger partial charge is 0.573 e. The van der Waals surface area contributed by atoms with Crippen molar-refractivity contribution in [3.8, 4) is 17.2 Å². The molecule has 7 nitrogen and oxygen atoms in total. The molecule has 2 aliphatic heterocycles. The van der Waals surface area contributed by atoms with Crippen molar-refractivity contribution in [3.05, 3.63) is 54.1 Å². The molecule has 10 heteroatoms. The molecule has 2 heterocycles. The number of nitrogens with zero attached hydrogens (tertiary/aromatic N) is 2. The molecule has 0 aliphatic carbocycles. The molecular formula is C26H29F3N2O5. The number of alkyl halides is 3. The summed E-state index contributed by atoms with van der Waals surface area (Å²) in [6.45, 7) is 4.78. The van der Waals surface area contributed by atoms with Crippen molar-refractivity contribution in [2.24, 2.45) is 5.41 Å². The highest BCUT2D eigenvalue weighted by Crippen LogP contribution is 2.40. The van der Waals surface area contributed by atoms with E-state index in [1.165, 1.54) is 12.1 Å². The lowest BCUT2D eigenvalue weighted by atomic mass is 9.77. The third-order valence-corrected chi connectivity index (χ3v) is 6.73. The number of benzene rings is 2. The Bertz CT molecular complexity index is 1050. The SMILES string of the molecule is CCOc1ccc(C(=O)N2CCC3(CCN(C(=O)COc4ccc(OC(F)(F)F)cc4)C3)CC2)cc1. The van der Waals surface area contributed by atoms with E-state index in [0.29, 0.717) is 38.3 Å². The number of rotatable bonds is 7. The van der Waals surface area contributed by atoms with Crippen LogP contribution in [0, 0.1) is 5.41 Å². The van der Waals surface area contributed by atoms with Gasteiger partial charge >= 0.3 is 6.36 Å². The fourth-order valence-electron chi connectivity index (χ4n) is 4.76. The van der Waals surface area contributed by atoms with Crippen molar-refractivity contribution >= 4 is 11.8 Å². The van der Waals surface area contributed by atoms with Gasteiger partial charge in [0.15, 0.2) is 6.61 Å². The van der Waals surface area contributed by atoms with Gasteiger partial charge in [-0.1, -0.05) is 0 Å². The fourth-order valence-corrected chi connectivity index (χ4v) is 4.76. The molecule has 1 spiro atoms. The van der Waals surface area contributed by atoms with Crippen molar-refractivity contribution in [2.45, 2.75) is 32.5 Å². The van der Waals surface area contributed by atoms with Crippen LogP contribution in [0.15, 0.2) is 48.5 Å². The molecule has 0 unspecified atom stereocenters. The molecule has 4 rings (SSSR count). The standard InChI is InChI=1S/C26H29F3N2O5/c1-2-34-20-5-3-19(4-6-20)24(33)30-14-11-25(12-15-30)13-16-31(18-25)23(32)17-35-21-7-9-22(10-8-21)36-26(27,28)29/h3-10H,2,11-18H2,1H3. The summed E-state index contributed by atoms with van der Waals surface area (Å²) >= 11 is 0. The van der Waals surface area contributed by atoms with E-state index in [9.17, 15) is 22.8 Å². The van der Waals surface area contributed by atoms with Gasteiger partial charge in [0, 0.05) is 31.7 Å². The smallest absolute Gasteiger partial charge is 0.494 e. The van der Waals surface area contributed by atoms with E-state index in [2.05, 4.69) is 4.74 Å². The molecule has 0 bridgehead atoms. The number of likely N-dealkylation sites (tertiary alicyclic amines) is 2. The Morgan fingerprint density at radius 1 is 0.833 bits per heavy atom. The van der Waals surface area contributed by atoms with Gasteiger partial charge in [0.05, 0.1) is 6.61 Å². The number of halogens is 3. The van der Waals surface area contributed by atoms with Gasteiger partial charge in [0.2, 0.25) is 0 Å². The highest BCUT2D eigenvalue weighted by Gasteiger charge is 2.42. The Morgan fingerprint density at radius 3 is 1.94 bits per heavy atom. The summed E-state index contributed by atoms with van der Waals surface area (Å²) < 4.78 is 51.5. The molecule has 0 radical (unpaired) electrons. The monoisotopic (exact) mass is 506 g/mol.